The van der Waals surface area contributed by atoms with E-state index in [1.165, 1.54) is 35.4 Å². The number of amides is 1. The van der Waals surface area contributed by atoms with Crippen molar-refractivity contribution in [1.82, 2.24) is 14.5 Å². The maximum Gasteiger partial charge on any atom is 0.263 e. The first-order chi connectivity index (χ1) is 15.8. The molecule has 0 bridgehead atoms. The molecule has 3 unspecified atom stereocenters. The molecule has 5 rings (SSSR count). The van der Waals surface area contributed by atoms with Gasteiger partial charge in [0.05, 0.1) is 22.6 Å². The molecule has 1 aliphatic heterocycles. The summed E-state index contributed by atoms with van der Waals surface area (Å²) < 4.78 is 15.7. The van der Waals surface area contributed by atoms with Crippen molar-refractivity contribution in [2.75, 3.05) is 14.1 Å². The third-order valence-corrected chi connectivity index (χ3v) is 8.89. The fraction of sp³-hybridized carbons (Fsp3) is 0.407. The van der Waals surface area contributed by atoms with Crippen LogP contribution in [0, 0.1) is 17.2 Å². The van der Waals surface area contributed by atoms with Crippen LogP contribution in [0.4, 0.5) is 4.39 Å². The lowest BCUT2D eigenvalue weighted by Gasteiger charge is -2.48. The zero-order valence-corrected chi connectivity index (χ0v) is 20.5. The predicted molar refractivity (Wildman–Crippen MR) is 132 cm³/mol. The number of hydrogen-bond donors (Lipinski definition) is 0. The normalized spacial score (nSPS) is 22.8. The fourth-order valence-corrected chi connectivity index (χ4v) is 6.91. The number of imidazole rings is 1. The largest absolute Gasteiger partial charge is 0.344 e. The summed E-state index contributed by atoms with van der Waals surface area (Å²) in [5, 5.41) is 0. The minimum Gasteiger partial charge on any atom is -0.344 e. The number of carbonyl (C=O) groups excluding carboxylic acids is 1. The van der Waals surface area contributed by atoms with Crippen LogP contribution < -0.4 is 0 Å². The molecule has 3 atom stereocenters. The molecule has 1 aliphatic carbocycles. The molecule has 4 nitrogen and oxygen atoms in total. The Morgan fingerprint density at radius 3 is 2.73 bits per heavy atom. The highest BCUT2D eigenvalue weighted by Gasteiger charge is 2.45. The number of nitrogens with zero attached hydrogens (tertiary/aromatic N) is 3. The highest BCUT2D eigenvalue weighted by Crippen LogP contribution is 2.55. The molecule has 1 amide bonds. The van der Waals surface area contributed by atoms with Gasteiger partial charge in [0, 0.05) is 36.5 Å². The predicted octanol–water partition coefficient (Wildman–Crippen LogP) is 6.46. The van der Waals surface area contributed by atoms with E-state index in [4.69, 9.17) is 4.98 Å². The molecule has 1 fully saturated rings. The first-order valence-corrected chi connectivity index (χ1v) is 12.4. The molecule has 3 aromatic rings. The van der Waals surface area contributed by atoms with E-state index in [9.17, 15) is 9.18 Å². The van der Waals surface area contributed by atoms with Crippen molar-refractivity contribution in [1.29, 1.82) is 0 Å². The van der Waals surface area contributed by atoms with Crippen LogP contribution in [0.15, 0.2) is 48.3 Å². The number of benzene rings is 1. The number of allylic oxidation sites excluding steroid dienone is 1. The number of fused-ring (bicyclic) bond motifs is 2. The summed E-state index contributed by atoms with van der Waals surface area (Å²) in [6.07, 6.45) is 7.72. The van der Waals surface area contributed by atoms with Crippen LogP contribution >= 0.6 is 11.3 Å². The van der Waals surface area contributed by atoms with Crippen LogP contribution in [0.3, 0.4) is 0 Å². The van der Waals surface area contributed by atoms with Crippen LogP contribution in [-0.2, 0) is 6.54 Å². The van der Waals surface area contributed by atoms with Gasteiger partial charge in [-0.15, -0.1) is 11.3 Å². The Balaban J connectivity index is 1.46. The Bertz CT molecular complexity index is 1220. The summed E-state index contributed by atoms with van der Waals surface area (Å²) >= 11 is 1.64. The van der Waals surface area contributed by atoms with E-state index >= 15 is 0 Å². The second-order valence-electron chi connectivity index (χ2n) is 9.89. The van der Waals surface area contributed by atoms with Gasteiger partial charge in [0.2, 0.25) is 0 Å². The van der Waals surface area contributed by atoms with Crippen LogP contribution in [0.5, 0.6) is 0 Å². The summed E-state index contributed by atoms with van der Waals surface area (Å²) in [5.74, 6) is 0.700. The lowest BCUT2D eigenvalue weighted by molar-refractivity contribution is 0.0832. The molecule has 0 radical (unpaired) electrons. The van der Waals surface area contributed by atoms with Crippen molar-refractivity contribution in [2.45, 2.75) is 45.6 Å². The van der Waals surface area contributed by atoms with Gasteiger partial charge in [-0.05, 0) is 73.6 Å². The van der Waals surface area contributed by atoms with E-state index in [0.29, 0.717) is 11.8 Å². The fourth-order valence-electron chi connectivity index (χ4n) is 5.76. The van der Waals surface area contributed by atoms with Gasteiger partial charge in [-0.1, -0.05) is 19.4 Å². The van der Waals surface area contributed by atoms with Gasteiger partial charge in [0.15, 0.2) is 0 Å². The molecule has 1 aromatic carbocycles. The number of halogens is 1. The van der Waals surface area contributed by atoms with E-state index < -0.39 is 0 Å². The maximum atomic E-state index is 13.4. The van der Waals surface area contributed by atoms with E-state index in [-0.39, 0.29) is 17.1 Å². The molecule has 0 N–H and O–H groups in total. The average molecular weight is 464 g/mol. The third kappa shape index (κ3) is 3.74. The van der Waals surface area contributed by atoms with Crippen molar-refractivity contribution in [3.05, 3.63) is 69.6 Å². The Hall–Kier alpha value is -2.73. The Labute approximate surface area is 198 Å². The minimum absolute atomic E-state index is 0.0428. The molecule has 1 saturated carbocycles. The van der Waals surface area contributed by atoms with Gasteiger partial charge < -0.3 is 9.47 Å². The van der Waals surface area contributed by atoms with Gasteiger partial charge in [-0.2, -0.15) is 0 Å². The second kappa shape index (κ2) is 8.24. The first kappa shape index (κ1) is 22.1. The standard InChI is InChI=1S/C27H30FN3OS/c1-17(23-12-13-24(33-23)26(32)30(3)4)21-7-5-6-19-14-22-25(18-8-10-20(28)11-9-18)29-16-31(22)15-27(19,21)2/h8-14,16-17,21H,5-7,15H2,1-4H3. The first-order valence-electron chi connectivity index (χ1n) is 11.6. The zero-order valence-electron chi connectivity index (χ0n) is 19.6. The highest BCUT2D eigenvalue weighted by molar-refractivity contribution is 7.14. The Morgan fingerprint density at radius 1 is 1.24 bits per heavy atom. The third-order valence-electron chi connectivity index (χ3n) is 7.61. The summed E-state index contributed by atoms with van der Waals surface area (Å²) in [5.41, 5.74) is 4.52. The molecule has 3 heterocycles. The SMILES string of the molecule is CC(c1ccc(C(=O)N(C)C)s1)C1CCCC2=Cc3c(-c4ccc(F)cc4)ncn3CC21C. The highest BCUT2D eigenvalue weighted by atomic mass is 32.1. The Morgan fingerprint density at radius 2 is 2.00 bits per heavy atom. The van der Waals surface area contributed by atoms with Crippen LogP contribution in [0.2, 0.25) is 0 Å². The van der Waals surface area contributed by atoms with Crippen molar-refractivity contribution in [3.8, 4) is 11.3 Å². The maximum absolute atomic E-state index is 13.4. The monoisotopic (exact) mass is 463 g/mol. The van der Waals surface area contributed by atoms with E-state index in [1.54, 1.807) is 42.5 Å². The second-order valence-corrected chi connectivity index (χ2v) is 11.0. The molecule has 6 heteroatoms. The molecular weight excluding hydrogens is 433 g/mol. The van der Waals surface area contributed by atoms with Crippen molar-refractivity contribution in [3.63, 3.8) is 0 Å². The molecule has 2 aliphatic rings. The number of thiophene rings is 1. The van der Waals surface area contributed by atoms with Crippen LogP contribution in [-0.4, -0.2) is 34.5 Å². The summed E-state index contributed by atoms with van der Waals surface area (Å²) in [4.78, 5) is 20.9. The molecule has 0 spiro atoms. The Kier molecular flexibility index (Phi) is 5.52. The van der Waals surface area contributed by atoms with Crippen molar-refractivity contribution < 1.29 is 9.18 Å². The number of carbonyl (C=O) groups is 1. The van der Waals surface area contributed by atoms with Crippen molar-refractivity contribution >= 4 is 23.3 Å². The van der Waals surface area contributed by atoms with Crippen LogP contribution in [0.1, 0.15) is 59.3 Å². The van der Waals surface area contributed by atoms with Gasteiger partial charge in [0.25, 0.3) is 5.91 Å². The average Bonchev–Trinajstić information content (AvgIpc) is 3.43. The quantitative estimate of drug-likeness (QED) is 0.445. The lowest BCUT2D eigenvalue weighted by Crippen LogP contribution is -2.41. The smallest absolute Gasteiger partial charge is 0.263 e. The van der Waals surface area contributed by atoms with E-state index in [2.05, 4.69) is 30.6 Å². The van der Waals surface area contributed by atoms with E-state index in [0.717, 1.165) is 34.8 Å². The van der Waals surface area contributed by atoms with E-state index in [1.807, 2.05) is 12.4 Å². The van der Waals surface area contributed by atoms with Gasteiger partial charge in [-0.25, -0.2) is 9.37 Å². The number of hydrogen-bond acceptors (Lipinski definition) is 3. The molecular formula is C27H30FN3OS. The molecule has 0 saturated heterocycles. The molecule has 2 aromatic heterocycles. The molecule has 172 valence electrons. The minimum atomic E-state index is -0.231. The topological polar surface area (TPSA) is 38.1 Å². The molecule has 33 heavy (non-hydrogen) atoms. The lowest BCUT2D eigenvalue weighted by atomic mass is 9.59. The summed E-state index contributed by atoms with van der Waals surface area (Å²) in [6, 6.07) is 10.7. The van der Waals surface area contributed by atoms with Crippen LogP contribution in [0.25, 0.3) is 17.3 Å². The van der Waals surface area contributed by atoms with Gasteiger partial charge in [-0.3, -0.25) is 4.79 Å². The number of aromatic nitrogens is 2. The summed E-state index contributed by atoms with van der Waals surface area (Å²) in [7, 11) is 3.60. The number of rotatable bonds is 4. The zero-order chi connectivity index (χ0) is 23.3. The van der Waals surface area contributed by atoms with Gasteiger partial charge >= 0.3 is 0 Å². The van der Waals surface area contributed by atoms with Gasteiger partial charge in [0.1, 0.15) is 5.82 Å². The summed E-state index contributed by atoms with van der Waals surface area (Å²) in [6.45, 7) is 5.62. The van der Waals surface area contributed by atoms with Crippen molar-refractivity contribution in [2.24, 2.45) is 11.3 Å².